The van der Waals surface area contributed by atoms with Gasteiger partial charge in [0.15, 0.2) is 6.29 Å². The van der Waals surface area contributed by atoms with Crippen LogP contribution in [-0.4, -0.2) is 74.1 Å². The third-order valence-corrected chi connectivity index (χ3v) is 11.9. The first-order chi connectivity index (χ1) is 18.1. The van der Waals surface area contributed by atoms with Crippen molar-refractivity contribution in [3.8, 4) is 0 Å². The van der Waals surface area contributed by atoms with Crippen molar-refractivity contribution in [1.82, 2.24) is 4.90 Å². The summed E-state index contributed by atoms with van der Waals surface area (Å²) in [5, 5.41) is 11.2. The monoisotopic (exact) mass is 529 g/mol. The van der Waals surface area contributed by atoms with Crippen LogP contribution in [-0.2, 0) is 23.8 Å². The molecule has 212 valence electrons. The van der Waals surface area contributed by atoms with Gasteiger partial charge < -0.3 is 24.1 Å². The van der Waals surface area contributed by atoms with E-state index in [2.05, 4.69) is 31.7 Å². The smallest absolute Gasteiger partial charge is 0.315 e. The topological polar surface area (TPSA) is 85.3 Å². The number of rotatable bonds is 9. The second-order valence-corrected chi connectivity index (χ2v) is 14.0. The van der Waals surface area contributed by atoms with E-state index in [-0.39, 0.29) is 30.0 Å². The Labute approximate surface area is 227 Å². The number of ether oxygens (including phenoxy) is 3. The lowest BCUT2D eigenvalue weighted by Gasteiger charge is -2.58. The molecule has 5 fully saturated rings. The van der Waals surface area contributed by atoms with Gasteiger partial charge in [-0.1, -0.05) is 38.8 Å². The second kappa shape index (κ2) is 9.39. The third kappa shape index (κ3) is 3.53. The maximum absolute atomic E-state index is 13.7. The average Bonchev–Trinajstić information content (AvgIpc) is 3.55. The average molecular weight is 530 g/mol. The summed E-state index contributed by atoms with van der Waals surface area (Å²) in [5.74, 6) is 1.02. The number of aldehydes is 1. The molecule has 1 aliphatic heterocycles. The van der Waals surface area contributed by atoms with E-state index in [1.165, 1.54) is 12.8 Å². The molecule has 6 aliphatic rings. The Morgan fingerprint density at radius 3 is 2.61 bits per heavy atom. The zero-order valence-electron chi connectivity index (χ0n) is 23.9. The number of fused-ring (bicyclic) bond motifs is 2. The molecule has 1 heterocycles. The molecule has 4 bridgehead atoms. The Balaban J connectivity index is 1.36. The molecule has 0 amide bonds. The minimum absolute atomic E-state index is 0.0276. The number of methoxy groups -OCH3 is 1. The molecule has 6 rings (SSSR count). The van der Waals surface area contributed by atoms with Gasteiger partial charge in [-0.2, -0.15) is 0 Å². The number of aliphatic carboxylic acids is 1. The molecule has 38 heavy (non-hydrogen) atoms. The Bertz CT molecular complexity index is 993. The Morgan fingerprint density at radius 2 is 1.97 bits per heavy atom. The molecule has 0 aromatic carbocycles. The molecular formula is C31H47NO6. The molecule has 7 heteroatoms. The maximum Gasteiger partial charge on any atom is 0.315 e. The van der Waals surface area contributed by atoms with Crippen molar-refractivity contribution in [3.63, 3.8) is 0 Å². The van der Waals surface area contributed by atoms with E-state index in [1.807, 2.05) is 6.92 Å². The van der Waals surface area contributed by atoms with Crippen molar-refractivity contribution >= 4 is 12.3 Å². The third-order valence-electron chi connectivity index (χ3n) is 11.9. The molecule has 7 nitrogen and oxygen atoms in total. The van der Waals surface area contributed by atoms with Gasteiger partial charge in [0.1, 0.15) is 11.7 Å². The normalized spacial score (nSPS) is 48.2. The van der Waals surface area contributed by atoms with Crippen LogP contribution >= 0.6 is 0 Å². The number of carbonyl (C=O) groups excluding carboxylic acids is 1. The van der Waals surface area contributed by atoms with Crippen LogP contribution in [0.1, 0.15) is 66.2 Å². The molecule has 10 atom stereocenters. The first-order valence-electron chi connectivity index (χ1n) is 15.1. The lowest BCUT2D eigenvalue weighted by Crippen LogP contribution is -2.63. The maximum atomic E-state index is 13.7. The van der Waals surface area contributed by atoms with Crippen LogP contribution in [0.4, 0.5) is 0 Å². The fourth-order valence-electron chi connectivity index (χ4n) is 10.1. The highest BCUT2D eigenvalue weighted by atomic mass is 16.7. The molecule has 5 aliphatic carbocycles. The molecule has 0 spiro atoms. The summed E-state index contributed by atoms with van der Waals surface area (Å²) in [6, 6.07) is 0. The van der Waals surface area contributed by atoms with Gasteiger partial charge in [-0.05, 0) is 74.5 Å². The molecular weight excluding hydrogens is 482 g/mol. The van der Waals surface area contributed by atoms with Crippen LogP contribution < -0.4 is 0 Å². The summed E-state index contributed by atoms with van der Waals surface area (Å²) in [7, 11) is 1.74. The van der Waals surface area contributed by atoms with E-state index in [0.717, 1.165) is 50.1 Å². The van der Waals surface area contributed by atoms with E-state index in [1.54, 1.807) is 7.11 Å². The number of allylic oxidation sites excluding steroid dienone is 1. The SMILES string of the molecule is CO[C@H]1CN(CC2CC2)C[C@H](OCC23C[C@@H]4[C@H](C)CC[C@H]4[C@@]4(C=O)CC2C=C(C(C)C)[C@@]34C(=O)O)O[C@@H]1C. The number of hydrogen-bond acceptors (Lipinski definition) is 6. The number of nitrogens with zero attached hydrogens (tertiary/aromatic N) is 1. The molecule has 0 aromatic heterocycles. The summed E-state index contributed by atoms with van der Waals surface area (Å²) >= 11 is 0. The standard InChI is InChI=1S/C31H47NO6/c1-18(2)25-10-22-11-29(16-33)24-9-6-19(3)23(24)12-30(22,31(25,29)28(34)35)17-37-27-15-32(13-21-7-8-21)14-26(36-5)20(4)38-27/h10,16,18-24,26-27H,6-9,11-15,17H2,1-5H3,(H,34,35)/t19-,20-,22?,23-,24-,26+,27-,29+,30?,31+/m1/s1. The van der Waals surface area contributed by atoms with Gasteiger partial charge in [0, 0.05) is 32.2 Å². The van der Waals surface area contributed by atoms with Gasteiger partial charge in [-0.25, -0.2) is 0 Å². The molecule has 1 N–H and O–H groups in total. The van der Waals surface area contributed by atoms with Gasteiger partial charge in [0.05, 0.1) is 24.2 Å². The van der Waals surface area contributed by atoms with Crippen molar-refractivity contribution in [2.75, 3.05) is 33.4 Å². The lowest BCUT2D eigenvalue weighted by molar-refractivity contribution is -0.220. The Hall–Kier alpha value is -1.28. The van der Waals surface area contributed by atoms with Gasteiger partial charge >= 0.3 is 5.97 Å². The van der Waals surface area contributed by atoms with E-state index in [4.69, 9.17) is 14.2 Å². The summed E-state index contributed by atoms with van der Waals surface area (Å²) < 4.78 is 19.0. The van der Waals surface area contributed by atoms with Crippen molar-refractivity contribution in [2.24, 2.45) is 51.8 Å². The number of carboxylic acids is 1. The van der Waals surface area contributed by atoms with Crippen LogP contribution in [0.3, 0.4) is 0 Å². The number of carboxylic acid groups (broad SMARTS) is 1. The van der Waals surface area contributed by atoms with Crippen LogP contribution in [0.2, 0.25) is 0 Å². The highest BCUT2D eigenvalue weighted by molar-refractivity contribution is 5.90. The molecule has 4 saturated carbocycles. The van der Waals surface area contributed by atoms with Gasteiger partial charge in [0.25, 0.3) is 0 Å². The van der Waals surface area contributed by atoms with Gasteiger partial charge in [-0.15, -0.1) is 0 Å². The highest BCUT2D eigenvalue weighted by Crippen LogP contribution is 2.82. The summed E-state index contributed by atoms with van der Waals surface area (Å²) in [6.07, 6.45) is 8.76. The van der Waals surface area contributed by atoms with E-state index in [0.29, 0.717) is 31.4 Å². The van der Waals surface area contributed by atoms with Gasteiger partial charge in [-0.3, -0.25) is 9.69 Å². The quantitative estimate of drug-likeness (QED) is 0.350. The lowest BCUT2D eigenvalue weighted by atomic mass is 9.43. The zero-order valence-corrected chi connectivity index (χ0v) is 23.9. The van der Waals surface area contributed by atoms with Crippen LogP contribution in [0.15, 0.2) is 11.6 Å². The van der Waals surface area contributed by atoms with Gasteiger partial charge in [0.2, 0.25) is 0 Å². The molecule has 2 unspecified atom stereocenters. The predicted octanol–water partition coefficient (Wildman–Crippen LogP) is 4.40. The largest absolute Gasteiger partial charge is 0.481 e. The molecule has 1 saturated heterocycles. The minimum atomic E-state index is -1.20. The van der Waals surface area contributed by atoms with E-state index < -0.39 is 28.5 Å². The fraction of sp³-hybridized carbons (Fsp3) is 0.871. The molecule has 0 radical (unpaired) electrons. The predicted molar refractivity (Wildman–Crippen MR) is 142 cm³/mol. The number of hydrogen-bond donors (Lipinski definition) is 1. The second-order valence-electron chi connectivity index (χ2n) is 14.0. The zero-order chi connectivity index (χ0) is 27.0. The van der Waals surface area contributed by atoms with Crippen LogP contribution in [0.5, 0.6) is 0 Å². The first-order valence-corrected chi connectivity index (χ1v) is 15.1. The van der Waals surface area contributed by atoms with Crippen molar-refractivity contribution in [2.45, 2.75) is 84.7 Å². The molecule has 0 aromatic rings. The van der Waals surface area contributed by atoms with Crippen LogP contribution in [0, 0.1) is 51.8 Å². The highest BCUT2D eigenvalue weighted by Gasteiger charge is 2.84. The Kier molecular flexibility index (Phi) is 6.65. The summed E-state index contributed by atoms with van der Waals surface area (Å²) in [5.41, 5.74) is -1.73. The first kappa shape index (κ1) is 26.9. The van der Waals surface area contributed by atoms with Crippen molar-refractivity contribution in [1.29, 1.82) is 0 Å². The van der Waals surface area contributed by atoms with Crippen molar-refractivity contribution < 1.29 is 28.9 Å². The van der Waals surface area contributed by atoms with E-state index >= 15 is 0 Å². The van der Waals surface area contributed by atoms with E-state index in [9.17, 15) is 14.7 Å². The van der Waals surface area contributed by atoms with Crippen LogP contribution in [0.25, 0.3) is 0 Å². The summed E-state index contributed by atoms with van der Waals surface area (Å²) in [4.78, 5) is 29.3. The van der Waals surface area contributed by atoms with Crippen molar-refractivity contribution in [3.05, 3.63) is 11.6 Å². The minimum Gasteiger partial charge on any atom is -0.481 e. The fourth-order valence-corrected chi connectivity index (χ4v) is 10.1. The summed E-state index contributed by atoms with van der Waals surface area (Å²) in [6.45, 7) is 11.3. The number of carbonyl (C=O) groups is 2. The Morgan fingerprint density at radius 1 is 1.21 bits per heavy atom.